The minimum Gasteiger partial charge on any atom is -0.497 e. The first-order valence-electron chi connectivity index (χ1n) is 8.60. The fourth-order valence-electron chi connectivity index (χ4n) is 2.17. The summed E-state index contributed by atoms with van der Waals surface area (Å²) >= 11 is 1.71. The van der Waals surface area contributed by atoms with Crippen LogP contribution in [0.3, 0.4) is 0 Å². The first kappa shape index (κ1) is 20.0. The normalized spacial score (nSPS) is 11.3. The lowest BCUT2D eigenvalue weighted by Gasteiger charge is -2.05. The van der Waals surface area contributed by atoms with Crippen molar-refractivity contribution in [1.82, 2.24) is 20.1 Å². The van der Waals surface area contributed by atoms with Crippen LogP contribution in [-0.2, 0) is 18.3 Å². The number of thioether (sulfide) groups is 1. The van der Waals surface area contributed by atoms with Gasteiger partial charge in [-0.2, -0.15) is 0 Å². The van der Waals surface area contributed by atoms with Crippen LogP contribution in [0.1, 0.15) is 25.2 Å². The van der Waals surface area contributed by atoms with E-state index in [1.54, 1.807) is 24.9 Å². The van der Waals surface area contributed by atoms with Gasteiger partial charge in [-0.3, -0.25) is 4.79 Å². The molecule has 1 heterocycles. The fourth-order valence-corrected chi connectivity index (χ4v) is 3.05. The van der Waals surface area contributed by atoms with Gasteiger partial charge in [0.15, 0.2) is 5.16 Å². The number of benzene rings is 1. The van der Waals surface area contributed by atoms with Crippen LogP contribution in [0, 0.1) is 5.92 Å². The van der Waals surface area contributed by atoms with E-state index in [4.69, 9.17) is 4.74 Å². The molecule has 1 N–H and O–H groups in total. The number of carbonyl (C=O) groups is 1. The molecule has 0 aliphatic heterocycles. The fraction of sp³-hybridized carbons (Fsp3) is 0.421. The Morgan fingerprint density at radius 1 is 1.31 bits per heavy atom. The van der Waals surface area contributed by atoms with Crippen molar-refractivity contribution in [2.75, 3.05) is 19.4 Å². The third-order valence-corrected chi connectivity index (χ3v) is 5.11. The maximum absolute atomic E-state index is 11.9. The van der Waals surface area contributed by atoms with Crippen molar-refractivity contribution in [2.45, 2.75) is 25.4 Å². The van der Waals surface area contributed by atoms with E-state index in [0.29, 0.717) is 18.9 Å². The molecular weight excluding hydrogens is 348 g/mol. The van der Waals surface area contributed by atoms with E-state index >= 15 is 0 Å². The lowest BCUT2D eigenvalue weighted by molar-refractivity contribution is -0.116. The molecule has 2 rings (SSSR count). The van der Waals surface area contributed by atoms with E-state index < -0.39 is 0 Å². The third-order valence-electron chi connectivity index (χ3n) is 3.66. The predicted octanol–water partition coefficient (Wildman–Crippen LogP) is 2.94. The molecule has 7 heteroatoms. The molecule has 0 spiro atoms. The van der Waals surface area contributed by atoms with E-state index in [0.717, 1.165) is 28.0 Å². The molecule has 0 saturated heterocycles. The summed E-state index contributed by atoms with van der Waals surface area (Å²) in [6, 6.07) is 7.53. The zero-order valence-corrected chi connectivity index (χ0v) is 16.5. The van der Waals surface area contributed by atoms with Crippen LogP contribution < -0.4 is 10.1 Å². The Kier molecular flexibility index (Phi) is 7.72. The van der Waals surface area contributed by atoms with Crippen molar-refractivity contribution >= 4 is 23.7 Å². The highest BCUT2D eigenvalue weighted by Crippen LogP contribution is 2.18. The van der Waals surface area contributed by atoms with Crippen LogP contribution in [0.25, 0.3) is 6.08 Å². The predicted molar refractivity (Wildman–Crippen MR) is 105 cm³/mol. The van der Waals surface area contributed by atoms with Crippen molar-refractivity contribution < 1.29 is 9.53 Å². The first-order valence-corrected chi connectivity index (χ1v) is 9.59. The van der Waals surface area contributed by atoms with Crippen LogP contribution in [0.15, 0.2) is 35.5 Å². The number of methoxy groups -OCH3 is 1. The highest BCUT2D eigenvalue weighted by molar-refractivity contribution is 7.99. The highest BCUT2D eigenvalue weighted by atomic mass is 32.2. The van der Waals surface area contributed by atoms with Crippen molar-refractivity contribution in [3.8, 4) is 5.75 Å². The maximum atomic E-state index is 11.9. The minimum absolute atomic E-state index is 0.127. The zero-order valence-electron chi connectivity index (χ0n) is 15.7. The summed E-state index contributed by atoms with van der Waals surface area (Å²) in [5.74, 6) is 3.16. The Morgan fingerprint density at radius 3 is 2.69 bits per heavy atom. The number of hydrogen-bond donors (Lipinski definition) is 1. The standard InChI is InChI=1S/C19H26N4O2S/c1-14(2)13-26-19-22-21-17(23(19)3)11-12-20-18(24)10-7-15-5-8-16(25-4)9-6-15/h5-10,14H,11-13H2,1-4H3,(H,20,24)/b10-7+. The van der Waals surface area contributed by atoms with Crippen LogP contribution in [0.4, 0.5) is 0 Å². The van der Waals surface area contributed by atoms with E-state index in [1.165, 1.54) is 6.08 Å². The number of amides is 1. The second kappa shape index (κ2) is 10.0. The van der Waals surface area contributed by atoms with Gasteiger partial charge in [0, 0.05) is 31.8 Å². The molecule has 1 aromatic carbocycles. The minimum atomic E-state index is -0.127. The molecular formula is C19H26N4O2S. The summed E-state index contributed by atoms with van der Waals surface area (Å²) in [6.07, 6.45) is 3.95. The Hall–Kier alpha value is -2.28. The van der Waals surface area contributed by atoms with Gasteiger partial charge >= 0.3 is 0 Å². The number of nitrogens with zero attached hydrogens (tertiary/aromatic N) is 3. The van der Waals surface area contributed by atoms with Gasteiger partial charge in [0.1, 0.15) is 11.6 Å². The molecule has 0 fully saturated rings. The van der Waals surface area contributed by atoms with E-state index in [9.17, 15) is 4.79 Å². The van der Waals surface area contributed by atoms with Gasteiger partial charge in [0.25, 0.3) is 0 Å². The van der Waals surface area contributed by atoms with Gasteiger partial charge in [0.2, 0.25) is 5.91 Å². The molecule has 0 aliphatic rings. The van der Waals surface area contributed by atoms with Gasteiger partial charge in [-0.05, 0) is 29.7 Å². The summed E-state index contributed by atoms with van der Waals surface area (Å²) in [7, 11) is 3.59. The molecule has 140 valence electrons. The smallest absolute Gasteiger partial charge is 0.244 e. The Bertz CT molecular complexity index is 738. The lowest BCUT2D eigenvalue weighted by Crippen LogP contribution is -2.24. The van der Waals surface area contributed by atoms with Crippen molar-refractivity contribution in [3.63, 3.8) is 0 Å². The van der Waals surface area contributed by atoms with Gasteiger partial charge in [-0.15, -0.1) is 10.2 Å². The molecule has 0 atom stereocenters. The summed E-state index contributed by atoms with van der Waals surface area (Å²) in [4.78, 5) is 11.9. The number of nitrogens with one attached hydrogen (secondary N) is 1. The average Bonchev–Trinajstić information content (AvgIpc) is 2.98. The van der Waals surface area contributed by atoms with Gasteiger partial charge in [-0.1, -0.05) is 37.7 Å². The van der Waals surface area contributed by atoms with Gasteiger partial charge in [-0.25, -0.2) is 0 Å². The number of rotatable bonds is 9. The summed E-state index contributed by atoms with van der Waals surface area (Å²) in [5.41, 5.74) is 0.945. The third kappa shape index (κ3) is 6.22. The molecule has 0 bridgehead atoms. The molecule has 26 heavy (non-hydrogen) atoms. The Morgan fingerprint density at radius 2 is 2.04 bits per heavy atom. The van der Waals surface area contributed by atoms with Crippen LogP contribution in [0.5, 0.6) is 5.75 Å². The van der Waals surface area contributed by atoms with Crippen LogP contribution >= 0.6 is 11.8 Å². The quantitative estimate of drug-likeness (QED) is 0.540. The van der Waals surface area contributed by atoms with E-state index in [1.807, 2.05) is 35.9 Å². The molecule has 1 aromatic heterocycles. The topological polar surface area (TPSA) is 69.0 Å². The lowest BCUT2D eigenvalue weighted by atomic mass is 10.2. The number of ether oxygens (including phenoxy) is 1. The van der Waals surface area contributed by atoms with Gasteiger partial charge < -0.3 is 14.6 Å². The van der Waals surface area contributed by atoms with Crippen molar-refractivity contribution in [2.24, 2.45) is 13.0 Å². The van der Waals surface area contributed by atoms with Crippen molar-refractivity contribution in [3.05, 3.63) is 41.7 Å². The Labute approximate surface area is 159 Å². The van der Waals surface area contributed by atoms with Crippen LogP contribution in [0.2, 0.25) is 0 Å². The number of hydrogen-bond acceptors (Lipinski definition) is 5. The molecule has 1 amide bonds. The van der Waals surface area contributed by atoms with Crippen molar-refractivity contribution in [1.29, 1.82) is 0 Å². The molecule has 0 aliphatic carbocycles. The molecule has 0 radical (unpaired) electrons. The first-order chi connectivity index (χ1) is 12.5. The Balaban J connectivity index is 1.78. The number of carbonyl (C=O) groups excluding carboxylic acids is 1. The van der Waals surface area contributed by atoms with E-state index in [-0.39, 0.29) is 5.91 Å². The molecule has 0 unspecified atom stereocenters. The largest absolute Gasteiger partial charge is 0.497 e. The highest BCUT2D eigenvalue weighted by Gasteiger charge is 2.09. The maximum Gasteiger partial charge on any atom is 0.244 e. The molecule has 6 nitrogen and oxygen atoms in total. The summed E-state index contributed by atoms with van der Waals surface area (Å²) in [5, 5.41) is 12.2. The summed E-state index contributed by atoms with van der Waals surface area (Å²) in [6.45, 7) is 4.88. The summed E-state index contributed by atoms with van der Waals surface area (Å²) < 4.78 is 7.10. The molecule has 0 saturated carbocycles. The monoisotopic (exact) mass is 374 g/mol. The van der Waals surface area contributed by atoms with Crippen LogP contribution in [-0.4, -0.2) is 40.1 Å². The number of aromatic nitrogens is 3. The second-order valence-electron chi connectivity index (χ2n) is 6.31. The molecule has 2 aromatic rings. The SMILES string of the molecule is COc1ccc(/C=C/C(=O)NCCc2nnc(SCC(C)C)n2C)cc1. The second-order valence-corrected chi connectivity index (χ2v) is 7.30. The van der Waals surface area contributed by atoms with E-state index in [2.05, 4.69) is 29.4 Å². The van der Waals surface area contributed by atoms with Gasteiger partial charge in [0.05, 0.1) is 7.11 Å². The zero-order chi connectivity index (χ0) is 18.9. The average molecular weight is 375 g/mol.